The molecule has 0 amide bonds. The van der Waals surface area contributed by atoms with Crippen molar-refractivity contribution in [2.45, 2.75) is 51.3 Å². The number of ether oxygens (including phenoxy) is 1. The van der Waals surface area contributed by atoms with Gasteiger partial charge in [0.05, 0.1) is 11.5 Å². The fraction of sp³-hybridized carbons (Fsp3) is 0.400. The van der Waals surface area contributed by atoms with Crippen LogP contribution in [0.1, 0.15) is 57.6 Å². The Morgan fingerprint density at radius 1 is 1.00 bits per heavy atom. The summed E-state index contributed by atoms with van der Waals surface area (Å²) in [5, 5.41) is 10.5. The molecular weight excluding hydrogens is 350 g/mol. The third kappa shape index (κ3) is 4.49. The molecule has 0 saturated carbocycles. The summed E-state index contributed by atoms with van der Waals surface area (Å²) in [6.07, 6.45) is 0. The number of benzene rings is 2. The van der Waals surface area contributed by atoms with Crippen LogP contribution in [0.5, 0.6) is 11.5 Å². The van der Waals surface area contributed by atoms with Crippen LogP contribution >= 0.6 is 0 Å². The van der Waals surface area contributed by atoms with Crippen LogP contribution in [0.4, 0.5) is 5.69 Å². The third-order valence-electron chi connectivity index (χ3n) is 4.11. The van der Waals surface area contributed by atoms with Gasteiger partial charge in [-0.15, -0.1) is 0 Å². The smallest absolute Gasteiger partial charge is 0.261 e. The quantitative estimate of drug-likeness (QED) is 0.677. The Labute approximate surface area is 156 Å². The highest BCUT2D eigenvalue weighted by molar-refractivity contribution is 7.92. The van der Waals surface area contributed by atoms with E-state index in [1.807, 2.05) is 34.6 Å². The molecule has 0 bridgehead atoms. The molecule has 0 fully saturated rings. The minimum atomic E-state index is -3.73. The zero-order chi connectivity index (χ0) is 19.5. The molecule has 2 rings (SSSR count). The van der Waals surface area contributed by atoms with E-state index < -0.39 is 10.0 Å². The summed E-state index contributed by atoms with van der Waals surface area (Å²) >= 11 is 0. The van der Waals surface area contributed by atoms with Crippen LogP contribution in [0.2, 0.25) is 0 Å². The Bertz CT molecular complexity index is 827. The standard InChI is InChI=1S/C20H27NO4S/c1-6-25-16-7-9-17(10-8-16)26(23,24)21-15-11-18(13(2)3)20(22)19(12-15)14(4)5/h7-14,21-22H,6H2,1-5H3. The maximum atomic E-state index is 12.7. The van der Waals surface area contributed by atoms with Gasteiger partial charge < -0.3 is 9.84 Å². The second-order valence-electron chi connectivity index (χ2n) is 6.82. The van der Waals surface area contributed by atoms with Gasteiger partial charge in [0, 0.05) is 5.69 Å². The summed E-state index contributed by atoms with van der Waals surface area (Å²) in [5.74, 6) is 1.00. The number of nitrogens with one attached hydrogen (secondary N) is 1. The lowest BCUT2D eigenvalue weighted by atomic mass is 9.93. The van der Waals surface area contributed by atoms with Gasteiger partial charge in [-0.1, -0.05) is 27.7 Å². The maximum absolute atomic E-state index is 12.7. The summed E-state index contributed by atoms with van der Waals surface area (Å²) < 4.78 is 33.4. The van der Waals surface area contributed by atoms with E-state index in [1.165, 1.54) is 12.1 Å². The van der Waals surface area contributed by atoms with E-state index in [2.05, 4.69) is 4.72 Å². The highest BCUT2D eigenvalue weighted by Crippen LogP contribution is 2.37. The van der Waals surface area contributed by atoms with E-state index in [4.69, 9.17) is 4.74 Å². The second-order valence-corrected chi connectivity index (χ2v) is 8.51. The van der Waals surface area contributed by atoms with Gasteiger partial charge in [0.15, 0.2) is 0 Å². The molecule has 0 radical (unpaired) electrons. The second kappa shape index (κ2) is 7.99. The normalized spacial score (nSPS) is 11.8. The number of phenolic OH excluding ortho intramolecular Hbond substituents is 1. The molecule has 0 aliphatic carbocycles. The van der Waals surface area contributed by atoms with Crippen molar-refractivity contribution in [3.63, 3.8) is 0 Å². The minimum Gasteiger partial charge on any atom is -0.507 e. The average Bonchev–Trinajstić information content (AvgIpc) is 2.56. The van der Waals surface area contributed by atoms with Crippen molar-refractivity contribution in [2.24, 2.45) is 0 Å². The van der Waals surface area contributed by atoms with Crippen LogP contribution in [0.3, 0.4) is 0 Å². The molecule has 5 nitrogen and oxygen atoms in total. The number of anilines is 1. The molecule has 26 heavy (non-hydrogen) atoms. The van der Waals surface area contributed by atoms with E-state index in [1.54, 1.807) is 24.3 Å². The number of phenols is 1. The highest BCUT2D eigenvalue weighted by Gasteiger charge is 2.19. The molecule has 6 heteroatoms. The average molecular weight is 378 g/mol. The molecule has 142 valence electrons. The Hall–Kier alpha value is -2.21. The molecule has 2 aromatic rings. The van der Waals surface area contributed by atoms with Crippen molar-refractivity contribution in [3.8, 4) is 11.5 Å². The first-order valence-electron chi connectivity index (χ1n) is 8.78. The van der Waals surface area contributed by atoms with Gasteiger partial charge in [0.2, 0.25) is 0 Å². The SMILES string of the molecule is CCOc1ccc(S(=O)(=O)Nc2cc(C(C)C)c(O)c(C(C)C)c2)cc1. The van der Waals surface area contributed by atoms with E-state index >= 15 is 0 Å². The van der Waals surface area contributed by atoms with Crippen molar-refractivity contribution in [3.05, 3.63) is 47.5 Å². The molecule has 0 saturated heterocycles. The van der Waals surface area contributed by atoms with Crippen molar-refractivity contribution < 1.29 is 18.3 Å². The first-order valence-corrected chi connectivity index (χ1v) is 10.3. The predicted molar refractivity (Wildman–Crippen MR) is 105 cm³/mol. The Kier molecular flexibility index (Phi) is 6.18. The van der Waals surface area contributed by atoms with Gasteiger partial charge in [-0.05, 0) is 66.3 Å². The van der Waals surface area contributed by atoms with Gasteiger partial charge in [-0.25, -0.2) is 8.42 Å². The van der Waals surface area contributed by atoms with Crippen molar-refractivity contribution >= 4 is 15.7 Å². The van der Waals surface area contributed by atoms with Gasteiger partial charge >= 0.3 is 0 Å². The molecule has 2 aromatic carbocycles. The fourth-order valence-electron chi connectivity index (χ4n) is 2.72. The van der Waals surface area contributed by atoms with Crippen molar-refractivity contribution in [1.82, 2.24) is 0 Å². The van der Waals surface area contributed by atoms with E-state index in [0.717, 1.165) is 11.1 Å². The molecule has 0 aromatic heterocycles. The zero-order valence-corrected chi connectivity index (χ0v) is 16.7. The van der Waals surface area contributed by atoms with E-state index in [9.17, 15) is 13.5 Å². The maximum Gasteiger partial charge on any atom is 0.261 e. The van der Waals surface area contributed by atoms with Gasteiger partial charge in [0.25, 0.3) is 10.0 Å². The van der Waals surface area contributed by atoms with Crippen molar-refractivity contribution in [2.75, 3.05) is 11.3 Å². The molecule has 0 heterocycles. The van der Waals surface area contributed by atoms with Gasteiger partial charge in [-0.2, -0.15) is 0 Å². The molecule has 0 aliphatic heterocycles. The monoisotopic (exact) mass is 377 g/mol. The van der Waals surface area contributed by atoms with Crippen molar-refractivity contribution in [1.29, 1.82) is 0 Å². The van der Waals surface area contributed by atoms with Crippen LogP contribution in [-0.2, 0) is 10.0 Å². The summed E-state index contributed by atoms with van der Waals surface area (Å²) in [6.45, 7) is 10.2. The van der Waals surface area contributed by atoms with Crippen LogP contribution < -0.4 is 9.46 Å². The topological polar surface area (TPSA) is 75.6 Å². The first-order chi connectivity index (χ1) is 12.2. The van der Waals surface area contributed by atoms with Crippen LogP contribution in [0.25, 0.3) is 0 Å². The lowest BCUT2D eigenvalue weighted by Crippen LogP contribution is -2.13. The van der Waals surface area contributed by atoms with E-state index in [0.29, 0.717) is 18.0 Å². The fourth-order valence-corrected chi connectivity index (χ4v) is 3.76. The molecule has 0 unspecified atom stereocenters. The molecular formula is C20H27NO4S. The Balaban J connectivity index is 2.39. The van der Waals surface area contributed by atoms with Gasteiger partial charge in [0.1, 0.15) is 11.5 Å². The summed E-state index contributed by atoms with van der Waals surface area (Å²) in [4.78, 5) is 0.159. The van der Waals surface area contributed by atoms with Crippen LogP contribution in [0.15, 0.2) is 41.3 Å². The molecule has 0 aliphatic rings. The number of rotatable bonds is 7. The molecule has 0 spiro atoms. The summed E-state index contributed by atoms with van der Waals surface area (Å²) in [7, 11) is -3.73. The van der Waals surface area contributed by atoms with Crippen LogP contribution in [0, 0.1) is 0 Å². The predicted octanol–water partition coefficient (Wildman–Crippen LogP) is 4.84. The van der Waals surface area contributed by atoms with Crippen LogP contribution in [-0.4, -0.2) is 20.1 Å². The van der Waals surface area contributed by atoms with E-state index in [-0.39, 0.29) is 22.5 Å². The first kappa shape index (κ1) is 20.1. The summed E-state index contributed by atoms with van der Waals surface area (Å²) in [6, 6.07) is 9.68. The lowest BCUT2D eigenvalue weighted by molar-refractivity contribution is 0.340. The number of sulfonamides is 1. The third-order valence-corrected chi connectivity index (χ3v) is 5.51. The molecule has 0 atom stereocenters. The lowest BCUT2D eigenvalue weighted by Gasteiger charge is -2.18. The minimum absolute atomic E-state index is 0.0717. The summed E-state index contributed by atoms with van der Waals surface area (Å²) in [5.41, 5.74) is 1.89. The Morgan fingerprint density at radius 2 is 1.50 bits per heavy atom. The number of aromatic hydroxyl groups is 1. The molecule has 2 N–H and O–H groups in total. The number of hydrogen-bond acceptors (Lipinski definition) is 4. The Morgan fingerprint density at radius 3 is 1.92 bits per heavy atom. The largest absolute Gasteiger partial charge is 0.507 e. The van der Waals surface area contributed by atoms with Gasteiger partial charge in [-0.3, -0.25) is 4.72 Å². The zero-order valence-electron chi connectivity index (χ0n) is 15.9. The highest BCUT2D eigenvalue weighted by atomic mass is 32.2. The number of hydrogen-bond donors (Lipinski definition) is 2.